The Balaban J connectivity index is 1.40. The van der Waals surface area contributed by atoms with Gasteiger partial charge in [0.15, 0.2) is 6.23 Å². The molecular formula is C28H23N7O2. The topological polar surface area (TPSA) is 121 Å². The van der Waals surface area contributed by atoms with Crippen molar-refractivity contribution in [2.75, 3.05) is 10.6 Å². The van der Waals surface area contributed by atoms with E-state index in [0.717, 1.165) is 21.9 Å². The average molecular weight is 490 g/mol. The Morgan fingerprint density at radius 2 is 1.78 bits per heavy atom. The maximum atomic E-state index is 13.3. The summed E-state index contributed by atoms with van der Waals surface area (Å²) in [4.78, 5) is 29.4. The fourth-order valence-corrected chi connectivity index (χ4v) is 4.34. The largest absolute Gasteiger partial charge is 0.369 e. The molecule has 3 aromatic carbocycles. The van der Waals surface area contributed by atoms with Crippen LogP contribution in [-0.2, 0) is 6.54 Å². The first-order valence-electron chi connectivity index (χ1n) is 11.8. The third-order valence-corrected chi connectivity index (χ3v) is 6.15. The number of carbonyl (C=O) groups excluding carboxylic acids is 1. The van der Waals surface area contributed by atoms with Crippen molar-refractivity contribution in [2.24, 2.45) is 0 Å². The maximum Gasteiger partial charge on any atom is 0.276 e. The standard InChI is InChI=1S/C28H23N7O2/c36-25(33-27-29-13-14-30-27)21-11-6-12-23-24(21)32-28(35(23)17-18-7-2-1-3-8-18)34-26(37)22-15-19-9-4-5-10-20(19)16-31-22/h1-16,25,36H,17H2,(H2,29,30,33)(H,32,34,37). The highest BCUT2D eigenvalue weighted by molar-refractivity contribution is 6.04. The second-order valence-corrected chi connectivity index (χ2v) is 8.58. The molecule has 0 saturated carbocycles. The van der Waals surface area contributed by atoms with E-state index in [2.05, 4.69) is 25.6 Å². The lowest BCUT2D eigenvalue weighted by molar-refractivity contribution is 0.102. The van der Waals surface area contributed by atoms with Crippen LogP contribution in [0.5, 0.6) is 0 Å². The summed E-state index contributed by atoms with van der Waals surface area (Å²) in [6.45, 7) is 0.475. The van der Waals surface area contributed by atoms with E-state index in [1.807, 2.05) is 71.3 Å². The van der Waals surface area contributed by atoms with Gasteiger partial charge < -0.3 is 20.0 Å². The van der Waals surface area contributed by atoms with Gasteiger partial charge in [-0.3, -0.25) is 15.1 Å². The Morgan fingerprint density at radius 1 is 0.973 bits per heavy atom. The molecule has 9 heteroatoms. The Labute approximate surface area is 211 Å². The van der Waals surface area contributed by atoms with E-state index in [1.54, 1.807) is 30.7 Å². The first-order chi connectivity index (χ1) is 18.2. The summed E-state index contributed by atoms with van der Waals surface area (Å²) in [5, 5.41) is 18.7. The molecule has 4 N–H and O–H groups in total. The van der Waals surface area contributed by atoms with Gasteiger partial charge in [-0.2, -0.15) is 0 Å². The molecule has 182 valence electrons. The number of fused-ring (bicyclic) bond motifs is 2. The number of rotatable bonds is 7. The molecule has 0 aliphatic carbocycles. The van der Waals surface area contributed by atoms with E-state index < -0.39 is 6.23 Å². The molecule has 1 unspecified atom stereocenters. The van der Waals surface area contributed by atoms with E-state index in [-0.39, 0.29) is 11.6 Å². The number of aliphatic hydroxyl groups is 1. The number of pyridine rings is 1. The minimum Gasteiger partial charge on any atom is -0.369 e. The molecule has 0 fully saturated rings. The van der Waals surface area contributed by atoms with E-state index in [1.165, 1.54) is 0 Å². The van der Waals surface area contributed by atoms with Crippen molar-refractivity contribution in [1.29, 1.82) is 0 Å². The van der Waals surface area contributed by atoms with Crippen molar-refractivity contribution in [1.82, 2.24) is 24.5 Å². The average Bonchev–Trinajstić information content (AvgIpc) is 3.56. The zero-order chi connectivity index (χ0) is 25.2. The van der Waals surface area contributed by atoms with Gasteiger partial charge in [0.05, 0.1) is 17.6 Å². The second kappa shape index (κ2) is 9.56. The highest BCUT2D eigenvalue weighted by Gasteiger charge is 2.21. The molecule has 0 bridgehead atoms. The van der Waals surface area contributed by atoms with Crippen molar-refractivity contribution < 1.29 is 9.90 Å². The van der Waals surface area contributed by atoms with Crippen molar-refractivity contribution in [3.8, 4) is 0 Å². The minimum absolute atomic E-state index is 0.289. The van der Waals surface area contributed by atoms with Gasteiger partial charge in [-0.15, -0.1) is 0 Å². The number of aromatic amines is 1. The summed E-state index contributed by atoms with van der Waals surface area (Å²) in [5.41, 5.74) is 3.22. The Bertz CT molecular complexity index is 1690. The number of aromatic nitrogens is 5. The quantitative estimate of drug-likeness (QED) is 0.241. The van der Waals surface area contributed by atoms with E-state index >= 15 is 0 Å². The summed E-state index contributed by atoms with van der Waals surface area (Å²) in [7, 11) is 0. The van der Waals surface area contributed by atoms with Crippen LogP contribution in [0, 0.1) is 0 Å². The summed E-state index contributed by atoms with van der Waals surface area (Å²) in [6, 6.07) is 25.0. The molecule has 3 aromatic heterocycles. The third-order valence-electron chi connectivity index (χ3n) is 6.15. The highest BCUT2D eigenvalue weighted by atomic mass is 16.3. The molecule has 3 heterocycles. The third kappa shape index (κ3) is 4.51. The Kier molecular flexibility index (Phi) is 5.80. The lowest BCUT2D eigenvalue weighted by Gasteiger charge is -2.13. The Morgan fingerprint density at radius 3 is 2.59 bits per heavy atom. The van der Waals surface area contributed by atoms with Crippen LogP contribution in [0.1, 0.15) is 27.8 Å². The van der Waals surface area contributed by atoms with Crippen LogP contribution in [0.2, 0.25) is 0 Å². The number of benzene rings is 3. The first-order valence-corrected chi connectivity index (χ1v) is 11.8. The van der Waals surface area contributed by atoms with Gasteiger partial charge in [-0.25, -0.2) is 9.97 Å². The number of nitrogens with one attached hydrogen (secondary N) is 3. The van der Waals surface area contributed by atoms with Crippen molar-refractivity contribution in [2.45, 2.75) is 12.8 Å². The smallest absolute Gasteiger partial charge is 0.276 e. The number of amides is 1. The van der Waals surface area contributed by atoms with Crippen molar-refractivity contribution in [3.05, 3.63) is 114 Å². The van der Waals surface area contributed by atoms with Crippen LogP contribution in [0.4, 0.5) is 11.9 Å². The predicted octanol–water partition coefficient (Wildman–Crippen LogP) is 4.71. The number of carbonyl (C=O) groups is 1. The van der Waals surface area contributed by atoms with E-state index in [4.69, 9.17) is 4.98 Å². The number of hydrogen-bond donors (Lipinski definition) is 4. The van der Waals surface area contributed by atoms with Crippen molar-refractivity contribution >= 4 is 39.6 Å². The zero-order valence-corrected chi connectivity index (χ0v) is 19.7. The number of imidazole rings is 2. The number of anilines is 2. The summed E-state index contributed by atoms with van der Waals surface area (Å²) in [6.07, 6.45) is 3.88. The normalized spacial score (nSPS) is 12.0. The minimum atomic E-state index is -1.07. The molecule has 0 radical (unpaired) electrons. The lowest BCUT2D eigenvalue weighted by Crippen LogP contribution is -2.17. The molecule has 0 aliphatic rings. The molecule has 37 heavy (non-hydrogen) atoms. The monoisotopic (exact) mass is 489 g/mol. The van der Waals surface area contributed by atoms with Crippen LogP contribution in [0.15, 0.2) is 97.5 Å². The SMILES string of the molecule is O=C(Nc1nc2c(C(O)Nc3ncc[nH]3)cccc2n1Cc1ccccc1)c1cc2ccccc2cn1. The molecular weight excluding hydrogens is 466 g/mol. The van der Waals surface area contributed by atoms with Crippen molar-refractivity contribution in [3.63, 3.8) is 0 Å². The van der Waals surface area contributed by atoms with Crippen LogP contribution in [0.25, 0.3) is 21.8 Å². The molecule has 6 aromatic rings. The fraction of sp³-hybridized carbons (Fsp3) is 0.0714. The maximum absolute atomic E-state index is 13.3. The predicted molar refractivity (Wildman–Crippen MR) is 142 cm³/mol. The second-order valence-electron chi connectivity index (χ2n) is 8.58. The van der Waals surface area contributed by atoms with Crippen LogP contribution in [0.3, 0.4) is 0 Å². The number of aliphatic hydroxyl groups excluding tert-OH is 1. The van der Waals surface area contributed by atoms with Gasteiger partial charge >= 0.3 is 0 Å². The summed E-state index contributed by atoms with van der Waals surface area (Å²) in [5.74, 6) is 0.423. The van der Waals surface area contributed by atoms with Gasteiger partial charge in [0.25, 0.3) is 5.91 Å². The molecule has 1 atom stereocenters. The zero-order valence-electron chi connectivity index (χ0n) is 19.7. The molecule has 0 spiro atoms. The highest BCUT2D eigenvalue weighted by Crippen LogP contribution is 2.28. The van der Waals surface area contributed by atoms with Gasteiger partial charge in [0.1, 0.15) is 5.69 Å². The molecule has 0 saturated heterocycles. The number of nitrogens with zero attached hydrogens (tertiary/aromatic N) is 4. The molecule has 9 nitrogen and oxygen atoms in total. The van der Waals surface area contributed by atoms with E-state index in [9.17, 15) is 9.90 Å². The Hall–Kier alpha value is -5.02. The molecule has 6 rings (SSSR count). The molecule has 1 amide bonds. The number of H-pyrrole nitrogens is 1. The van der Waals surface area contributed by atoms with Crippen LogP contribution >= 0.6 is 0 Å². The first kappa shape index (κ1) is 22.4. The lowest BCUT2D eigenvalue weighted by atomic mass is 10.1. The summed E-state index contributed by atoms with van der Waals surface area (Å²) >= 11 is 0. The van der Waals surface area contributed by atoms with E-state index in [0.29, 0.717) is 29.5 Å². The van der Waals surface area contributed by atoms with Gasteiger partial charge in [0.2, 0.25) is 11.9 Å². The number of hydrogen-bond acceptors (Lipinski definition) is 6. The number of para-hydroxylation sites is 1. The van der Waals surface area contributed by atoms with Crippen LogP contribution < -0.4 is 10.6 Å². The fourth-order valence-electron chi connectivity index (χ4n) is 4.34. The van der Waals surface area contributed by atoms with Gasteiger partial charge in [-0.05, 0) is 23.1 Å². The summed E-state index contributed by atoms with van der Waals surface area (Å²) < 4.78 is 1.92. The van der Waals surface area contributed by atoms with Gasteiger partial charge in [-0.1, -0.05) is 66.7 Å². The van der Waals surface area contributed by atoms with Crippen LogP contribution in [-0.4, -0.2) is 35.5 Å². The van der Waals surface area contributed by atoms with Gasteiger partial charge in [0, 0.05) is 29.5 Å². The molecule has 0 aliphatic heterocycles.